The number of hydrogen-bond acceptors (Lipinski definition) is 0. The van der Waals surface area contributed by atoms with Gasteiger partial charge in [0.2, 0.25) is 0 Å². The van der Waals surface area contributed by atoms with Crippen LogP contribution in [0.4, 0.5) is 0 Å². The molecule has 0 fully saturated rings. The molecule has 3 nitrogen and oxygen atoms in total. The average molecular weight is 908 g/mol. The van der Waals surface area contributed by atoms with E-state index in [4.69, 9.17) is 0 Å². The molecule has 0 aliphatic heterocycles. The van der Waals surface area contributed by atoms with E-state index < -0.39 is 8.07 Å². The number of nitrogens with zero attached hydrogens (tertiary/aromatic N) is 3. The van der Waals surface area contributed by atoms with Crippen LogP contribution in [0, 0.1) is 0 Å². The topological polar surface area (TPSA) is 14.8 Å². The molecule has 0 spiro atoms. The van der Waals surface area contributed by atoms with Crippen LogP contribution in [0.25, 0.3) is 93.6 Å². The number of rotatable bonds is 8. The van der Waals surface area contributed by atoms with Crippen molar-refractivity contribution in [3.63, 3.8) is 0 Å². The predicted molar refractivity (Wildman–Crippen MR) is 299 cm³/mol. The van der Waals surface area contributed by atoms with Crippen LogP contribution < -0.4 is 20.7 Å². The molecule has 0 radical (unpaired) electrons. The number of aromatic nitrogens is 3. The fraction of sp³-hybridized carbons (Fsp3) is 0. The third kappa shape index (κ3) is 5.94. The zero-order valence-corrected chi connectivity index (χ0v) is 39.3. The maximum atomic E-state index is 2.56. The van der Waals surface area contributed by atoms with Crippen LogP contribution in [0.15, 0.2) is 273 Å². The van der Waals surface area contributed by atoms with Gasteiger partial charge in [-0.1, -0.05) is 218 Å². The lowest BCUT2D eigenvalue weighted by molar-refractivity contribution is 1.13. The summed E-state index contributed by atoms with van der Waals surface area (Å²) in [4.78, 5) is 0. The average Bonchev–Trinajstić information content (AvgIpc) is 4.08. The van der Waals surface area contributed by atoms with E-state index >= 15 is 0 Å². The fourth-order valence-electron chi connectivity index (χ4n) is 11.9. The third-order valence-electron chi connectivity index (χ3n) is 14.8. The zero-order valence-electron chi connectivity index (χ0n) is 38.3. The number of benzene rings is 11. The highest BCUT2D eigenvalue weighted by Gasteiger charge is 2.41. The van der Waals surface area contributed by atoms with Gasteiger partial charge in [0.15, 0.2) is 8.07 Å². The van der Waals surface area contributed by atoms with Crippen LogP contribution in [-0.4, -0.2) is 21.8 Å². The van der Waals surface area contributed by atoms with Crippen molar-refractivity contribution in [1.82, 2.24) is 13.7 Å². The second-order valence-corrected chi connectivity index (χ2v) is 22.2. The second kappa shape index (κ2) is 16.1. The molecule has 0 saturated carbocycles. The van der Waals surface area contributed by atoms with Crippen LogP contribution in [0.1, 0.15) is 0 Å². The maximum absolute atomic E-state index is 2.87. The summed E-state index contributed by atoms with van der Waals surface area (Å²) >= 11 is 0. The van der Waals surface area contributed by atoms with Gasteiger partial charge in [0.25, 0.3) is 0 Å². The maximum Gasteiger partial charge on any atom is 0.179 e. The van der Waals surface area contributed by atoms with E-state index in [1.54, 1.807) is 0 Å². The minimum absolute atomic E-state index is 1.11. The molecule has 14 rings (SSSR count). The quantitative estimate of drug-likeness (QED) is 0.107. The van der Waals surface area contributed by atoms with Gasteiger partial charge < -0.3 is 13.7 Å². The van der Waals surface area contributed by atoms with Gasteiger partial charge in [-0.25, -0.2) is 0 Å². The summed E-state index contributed by atoms with van der Waals surface area (Å²) in [5.74, 6) is 0. The molecule has 0 atom stereocenters. The van der Waals surface area contributed by atoms with Crippen LogP contribution in [0.2, 0.25) is 0 Å². The van der Waals surface area contributed by atoms with Crippen molar-refractivity contribution in [3.05, 3.63) is 273 Å². The Morgan fingerprint density at radius 3 is 1.21 bits per heavy atom. The largest absolute Gasteiger partial charge is 0.309 e. The lowest BCUT2D eigenvalue weighted by Crippen LogP contribution is -2.74. The van der Waals surface area contributed by atoms with Crippen molar-refractivity contribution >= 4 is 94.2 Å². The normalized spacial score (nSPS) is 12.0. The molecule has 0 bridgehead atoms. The molecule has 3 aromatic heterocycles. The summed E-state index contributed by atoms with van der Waals surface area (Å²) in [5.41, 5.74) is 12.8. The Bertz CT molecular complexity index is 4110. The Balaban J connectivity index is 1.11. The Hall–Kier alpha value is -8.96. The van der Waals surface area contributed by atoms with Gasteiger partial charge in [-0.3, -0.25) is 0 Å². The summed E-state index contributed by atoms with van der Waals surface area (Å²) in [6.07, 6.45) is 0. The number of hydrogen-bond donors (Lipinski definition) is 0. The molecular formula is C66H45N3Si. The van der Waals surface area contributed by atoms with Crippen LogP contribution in [0.5, 0.6) is 0 Å². The van der Waals surface area contributed by atoms with E-state index in [-0.39, 0.29) is 0 Å². The van der Waals surface area contributed by atoms with Gasteiger partial charge in [0.1, 0.15) is 0 Å². The summed E-state index contributed by atoms with van der Waals surface area (Å²) < 4.78 is 7.56. The van der Waals surface area contributed by atoms with Crippen molar-refractivity contribution in [2.75, 3.05) is 0 Å². The van der Waals surface area contributed by atoms with Gasteiger partial charge >= 0.3 is 0 Å². The highest BCUT2D eigenvalue weighted by atomic mass is 28.3. The standard InChI is InChI=1S/C66H45N3Si/c1-5-21-46(22-6-1)47-39-41-48(42-40-47)67-61-36-20-37-62(68-58-33-16-13-29-53(58)54-30-14-17-34-59(54)68)65(61)57-32-19-38-63(66(57)67)69-60-35-18-15-31-55(60)56-44-43-52(45-64(56)69)70(49-23-7-2-8-24-49,50-25-9-3-10-26-50)51-27-11-4-12-28-51/h1-45H. The first-order valence-electron chi connectivity index (χ1n) is 24.2. The molecule has 0 amide bonds. The molecule has 0 aliphatic rings. The SMILES string of the molecule is c1ccc(-c2ccc(-n3c4cccc(-n5c6ccccc6c6ccccc65)c4c4cccc(-n5c6ccccc6c6ccc([Si](c7ccccc7)(c7ccccc7)c7ccccc7)cc65)c43)cc2)cc1. The van der Waals surface area contributed by atoms with Gasteiger partial charge in [-0.2, -0.15) is 0 Å². The van der Waals surface area contributed by atoms with Crippen molar-refractivity contribution < 1.29 is 0 Å². The Morgan fingerprint density at radius 1 is 0.243 bits per heavy atom. The van der Waals surface area contributed by atoms with Crippen molar-refractivity contribution in [1.29, 1.82) is 0 Å². The Morgan fingerprint density at radius 2 is 0.657 bits per heavy atom. The predicted octanol–water partition coefficient (Wildman–Crippen LogP) is 14.0. The molecule has 14 aromatic rings. The van der Waals surface area contributed by atoms with Gasteiger partial charge in [-0.15, -0.1) is 0 Å². The van der Waals surface area contributed by atoms with Gasteiger partial charge in [0, 0.05) is 38.0 Å². The smallest absolute Gasteiger partial charge is 0.179 e. The van der Waals surface area contributed by atoms with E-state index in [1.807, 2.05) is 0 Å². The Labute approximate surface area is 407 Å². The van der Waals surface area contributed by atoms with Crippen LogP contribution in [0.3, 0.4) is 0 Å². The van der Waals surface area contributed by atoms with E-state index in [1.165, 1.54) is 86.3 Å². The van der Waals surface area contributed by atoms with Gasteiger partial charge in [0.05, 0.1) is 44.5 Å². The molecule has 0 unspecified atom stereocenters. The van der Waals surface area contributed by atoms with E-state index in [9.17, 15) is 0 Å². The van der Waals surface area contributed by atoms with E-state index in [2.05, 4.69) is 287 Å². The Kier molecular flexibility index (Phi) is 9.23. The first-order valence-corrected chi connectivity index (χ1v) is 26.2. The minimum Gasteiger partial charge on any atom is -0.309 e. The van der Waals surface area contributed by atoms with Crippen molar-refractivity contribution in [2.24, 2.45) is 0 Å². The molecule has 11 aromatic carbocycles. The molecule has 0 saturated heterocycles. The molecule has 3 heterocycles. The molecule has 4 heteroatoms. The lowest BCUT2D eigenvalue weighted by Gasteiger charge is -2.34. The summed E-state index contributed by atoms with van der Waals surface area (Å²) in [5, 5.41) is 12.8. The van der Waals surface area contributed by atoms with Crippen molar-refractivity contribution in [2.45, 2.75) is 0 Å². The molecule has 0 N–H and O–H groups in total. The summed E-state index contributed by atoms with van der Waals surface area (Å²) in [6, 6.07) is 101. The minimum atomic E-state index is -2.87. The summed E-state index contributed by atoms with van der Waals surface area (Å²) in [7, 11) is -2.87. The number of fused-ring (bicyclic) bond motifs is 9. The monoisotopic (exact) mass is 907 g/mol. The fourth-order valence-corrected chi connectivity index (χ4v) is 16.6. The highest BCUT2D eigenvalue weighted by Crippen LogP contribution is 2.43. The van der Waals surface area contributed by atoms with Crippen LogP contribution >= 0.6 is 0 Å². The van der Waals surface area contributed by atoms with E-state index in [0.29, 0.717) is 0 Å². The third-order valence-corrected chi connectivity index (χ3v) is 19.6. The lowest BCUT2D eigenvalue weighted by atomic mass is 10.1. The zero-order chi connectivity index (χ0) is 46.2. The number of para-hydroxylation sites is 4. The molecule has 328 valence electrons. The van der Waals surface area contributed by atoms with Gasteiger partial charge in [-0.05, 0) is 86.5 Å². The molecule has 70 heavy (non-hydrogen) atoms. The highest BCUT2D eigenvalue weighted by molar-refractivity contribution is 7.20. The van der Waals surface area contributed by atoms with E-state index in [0.717, 1.165) is 28.1 Å². The van der Waals surface area contributed by atoms with Crippen LogP contribution in [-0.2, 0) is 0 Å². The summed E-state index contributed by atoms with van der Waals surface area (Å²) in [6.45, 7) is 0. The van der Waals surface area contributed by atoms with Crippen molar-refractivity contribution in [3.8, 4) is 28.2 Å². The second-order valence-electron chi connectivity index (χ2n) is 18.4. The first-order chi connectivity index (χ1) is 34.8. The molecular weight excluding hydrogens is 863 g/mol. The first kappa shape index (κ1) is 40.1. The molecule has 0 aliphatic carbocycles.